The van der Waals surface area contributed by atoms with Crippen molar-refractivity contribution < 1.29 is 4.79 Å². The number of nitrogens with zero attached hydrogens (tertiary/aromatic N) is 1. The van der Waals surface area contributed by atoms with Crippen LogP contribution in [-0.2, 0) is 0 Å². The first-order chi connectivity index (χ1) is 7.77. The standard InChI is InChI=1S/C13H13NOSe/c1-7-5-8-6-9(7)12-11(8)14(12)13(15)10-3-2-4-16-10/h2-4,8-9,11-12H,1,5-6H2/t8-,9-,11+,12-,14?/m1/s1. The summed E-state index contributed by atoms with van der Waals surface area (Å²) in [7, 11) is 0. The number of carbonyl (C=O) groups is 1. The summed E-state index contributed by atoms with van der Waals surface area (Å²) in [5.41, 5.74) is 1.39. The van der Waals surface area contributed by atoms with Crippen LogP contribution >= 0.6 is 0 Å². The van der Waals surface area contributed by atoms with E-state index in [4.69, 9.17) is 0 Å². The Morgan fingerprint density at radius 3 is 3.06 bits per heavy atom. The van der Waals surface area contributed by atoms with Crippen molar-refractivity contribution in [3.63, 3.8) is 0 Å². The van der Waals surface area contributed by atoms with Crippen molar-refractivity contribution >= 4 is 20.4 Å². The molecule has 1 saturated heterocycles. The van der Waals surface area contributed by atoms with E-state index in [1.165, 1.54) is 12.0 Å². The first-order valence-corrected chi connectivity index (χ1v) is 7.66. The van der Waals surface area contributed by atoms with E-state index in [0.29, 0.717) is 23.9 Å². The average Bonchev–Trinajstić information content (AvgIpc) is 2.71. The molecule has 2 heterocycles. The number of carbonyl (C=O) groups excluding carboxylic acids is 1. The van der Waals surface area contributed by atoms with Crippen LogP contribution < -0.4 is 0 Å². The van der Waals surface area contributed by atoms with Gasteiger partial charge in [0, 0.05) is 0 Å². The Hall–Kier alpha value is -0.791. The molecule has 4 rings (SSSR count). The molecular weight excluding hydrogens is 265 g/mol. The summed E-state index contributed by atoms with van der Waals surface area (Å²) in [5, 5.41) is 0. The van der Waals surface area contributed by atoms with Crippen LogP contribution in [0.15, 0.2) is 29.2 Å². The Bertz CT molecular complexity index is 478. The summed E-state index contributed by atoms with van der Waals surface area (Å²) in [6, 6.07) is 5.10. The van der Waals surface area contributed by atoms with Crippen LogP contribution in [0.4, 0.5) is 0 Å². The number of hydrogen-bond donors (Lipinski definition) is 0. The Morgan fingerprint density at radius 2 is 2.38 bits per heavy atom. The predicted octanol–water partition coefficient (Wildman–Crippen LogP) is 1.53. The van der Waals surface area contributed by atoms with E-state index in [1.54, 1.807) is 0 Å². The van der Waals surface area contributed by atoms with Gasteiger partial charge in [0.05, 0.1) is 0 Å². The fourth-order valence-electron chi connectivity index (χ4n) is 3.71. The molecule has 2 bridgehead atoms. The molecule has 0 aromatic carbocycles. The molecule has 1 aromatic rings. The summed E-state index contributed by atoms with van der Waals surface area (Å²) in [6.07, 6.45) is 2.46. The summed E-state index contributed by atoms with van der Waals surface area (Å²) in [6.45, 7) is 4.14. The molecular formula is C13H13NOSe. The third kappa shape index (κ3) is 1.01. The van der Waals surface area contributed by atoms with Gasteiger partial charge in [-0.25, -0.2) is 0 Å². The van der Waals surface area contributed by atoms with Crippen molar-refractivity contribution in [1.29, 1.82) is 0 Å². The summed E-state index contributed by atoms with van der Waals surface area (Å²) in [5.74, 6) is 1.67. The molecule has 4 atom stereocenters. The second-order valence-electron chi connectivity index (χ2n) is 5.14. The molecule has 82 valence electrons. The van der Waals surface area contributed by atoms with Crippen molar-refractivity contribution in [2.75, 3.05) is 0 Å². The summed E-state index contributed by atoms with van der Waals surface area (Å²) in [4.78, 5) is 16.5. The number of rotatable bonds is 1. The maximum absolute atomic E-state index is 12.3. The minimum atomic E-state index is 0.282. The molecule has 0 radical (unpaired) electrons. The molecule has 3 aliphatic rings. The van der Waals surface area contributed by atoms with Gasteiger partial charge in [0.15, 0.2) is 0 Å². The second kappa shape index (κ2) is 2.91. The molecule has 0 spiro atoms. The van der Waals surface area contributed by atoms with Gasteiger partial charge in [0.25, 0.3) is 0 Å². The van der Waals surface area contributed by atoms with E-state index in [1.807, 2.05) is 12.1 Å². The van der Waals surface area contributed by atoms with Crippen molar-refractivity contribution in [2.45, 2.75) is 24.9 Å². The van der Waals surface area contributed by atoms with Gasteiger partial charge in [-0.05, 0) is 0 Å². The number of amides is 1. The van der Waals surface area contributed by atoms with Gasteiger partial charge in [-0.2, -0.15) is 0 Å². The van der Waals surface area contributed by atoms with E-state index in [2.05, 4.69) is 16.4 Å². The molecule has 3 fully saturated rings. The first kappa shape index (κ1) is 9.26. The van der Waals surface area contributed by atoms with Gasteiger partial charge in [0.2, 0.25) is 0 Å². The molecule has 1 amide bonds. The van der Waals surface area contributed by atoms with Crippen LogP contribution in [0, 0.1) is 11.8 Å². The van der Waals surface area contributed by atoms with Crippen molar-refractivity contribution in [2.24, 2.45) is 11.8 Å². The molecule has 1 aromatic heterocycles. The van der Waals surface area contributed by atoms with Gasteiger partial charge in [-0.3, -0.25) is 0 Å². The fourth-order valence-corrected chi connectivity index (χ4v) is 5.11. The molecule has 3 heteroatoms. The van der Waals surface area contributed by atoms with E-state index >= 15 is 0 Å². The Balaban J connectivity index is 1.62. The molecule has 0 N–H and O–H groups in total. The Morgan fingerprint density at radius 1 is 1.50 bits per heavy atom. The van der Waals surface area contributed by atoms with Crippen LogP contribution in [0.5, 0.6) is 0 Å². The summed E-state index contributed by atoms with van der Waals surface area (Å²) < 4.78 is 1.03. The quantitative estimate of drug-likeness (QED) is 0.433. The molecule has 2 saturated carbocycles. The number of piperidine rings is 1. The zero-order valence-electron chi connectivity index (χ0n) is 8.93. The molecule has 16 heavy (non-hydrogen) atoms. The molecule has 2 aliphatic carbocycles. The summed E-state index contributed by atoms with van der Waals surface area (Å²) >= 11 is 0.282. The normalized spacial score (nSPS) is 39.0. The van der Waals surface area contributed by atoms with Crippen LogP contribution in [-0.4, -0.2) is 37.4 Å². The van der Waals surface area contributed by atoms with Gasteiger partial charge < -0.3 is 0 Å². The third-order valence-electron chi connectivity index (χ3n) is 4.37. The van der Waals surface area contributed by atoms with E-state index < -0.39 is 0 Å². The van der Waals surface area contributed by atoms with Gasteiger partial charge in [0.1, 0.15) is 0 Å². The zero-order chi connectivity index (χ0) is 10.9. The van der Waals surface area contributed by atoms with Crippen LogP contribution in [0.2, 0.25) is 0 Å². The fraction of sp³-hybridized carbons (Fsp3) is 0.462. The second-order valence-corrected chi connectivity index (χ2v) is 7.12. The average molecular weight is 278 g/mol. The van der Waals surface area contributed by atoms with Crippen LogP contribution in [0.25, 0.3) is 0 Å². The Labute approximate surface area is 101 Å². The molecule has 0 unspecified atom stereocenters. The SMILES string of the molecule is C=C1C[C@@H]2C[C@H]1[C@@H]1[C@H]2N1C(=O)c1ccc[se]1. The molecule has 1 aliphatic heterocycles. The van der Waals surface area contributed by atoms with Crippen LogP contribution in [0.3, 0.4) is 0 Å². The number of hydrogen-bond acceptors (Lipinski definition) is 1. The van der Waals surface area contributed by atoms with Crippen molar-refractivity contribution in [3.05, 3.63) is 33.7 Å². The van der Waals surface area contributed by atoms with Gasteiger partial charge in [-0.15, -0.1) is 0 Å². The van der Waals surface area contributed by atoms with Crippen molar-refractivity contribution in [3.8, 4) is 0 Å². The first-order valence-electron chi connectivity index (χ1n) is 5.81. The van der Waals surface area contributed by atoms with Crippen molar-refractivity contribution in [1.82, 2.24) is 4.90 Å². The third-order valence-corrected chi connectivity index (χ3v) is 6.17. The zero-order valence-corrected chi connectivity index (χ0v) is 10.6. The van der Waals surface area contributed by atoms with E-state index in [-0.39, 0.29) is 14.5 Å². The topological polar surface area (TPSA) is 20.1 Å². The Kier molecular flexibility index (Phi) is 1.68. The predicted molar refractivity (Wildman–Crippen MR) is 62.5 cm³/mol. The maximum atomic E-state index is 12.3. The minimum absolute atomic E-state index is 0.282. The monoisotopic (exact) mass is 279 g/mol. The molecule has 2 nitrogen and oxygen atoms in total. The van der Waals surface area contributed by atoms with Gasteiger partial charge in [-0.1, -0.05) is 0 Å². The van der Waals surface area contributed by atoms with E-state index in [0.717, 1.165) is 16.8 Å². The van der Waals surface area contributed by atoms with Crippen LogP contribution in [0.1, 0.15) is 22.1 Å². The van der Waals surface area contributed by atoms with E-state index in [9.17, 15) is 4.79 Å². The number of likely N-dealkylation sites (tertiary alicyclic amines) is 1. The van der Waals surface area contributed by atoms with Gasteiger partial charge >= 0.3 is 101 Å². The number of fused-ring (bicyclic) bond motifs is 5.